The number of hydrogen-bond donors (Lipinski definition) is 2. The van der Waals surface area contributed by atoms with Crippen molar-refractivity contribution in [2.45, 2.75) is 25.0 Å². The largest absolute Gasteiger partial charge is 0.463 e. The van der Waals surface area contributed by atoms with Crippen LogP contribution in [0, 0.1) is 0 Å². The quantitative estimate of drug-likeness (QED) is 0.452. The monoisotopic (exact) mass is 267 g/mol. The maximum atomic E-state index is 11.3. The summed E-state index contributed by atoms with van der Waals surface area (Å²) in [5.41, 5.74) is 5.35. The van der Waals surface area contributed by atoms with E-state index in [0.717, 1.165) is 0 Å². The molecule has 2 unspecified atom stereocenters. The smallest absolute Gasteiger partial charge is 0.347 e. The Morgan fingerprint density at radius 1 is 1.65 bits per heavy atom. The van der Waals surface area contributed by atoms with E-state index in [2.05, 4.69) is 4.74 Å². The predicted octanol–water partition coefficient (Wildman–Crippen LogP) is -1.55. The van der Waals surface area contributed by atoms with E-state index in [1.165, 1.54) is 0 Å². The van der Waals surface area contributed by atoms with Crippen molar-refractivity contribution in [1.29, 1.82) is 0 Å². The fraction of sp³-hybridized carbons (Fsp3) is 0.750. The van der Waals surface area contributed by atoms with E-state index in [-0.39, 0.29) is 19.4 Å². The van der Waals surface area contributed by atoms with Crippen LogP contribution in [0.2, 0.25) is 0 Å². The molecule has 1 aliphatic heterocycles. The molecule has 0 bridgehead atoms. The van der Waals surface area contributed by atoms with Crippen LogP contribution < -0.4 is 5.73 Å². The first-order chi connectivity index (χ1) is 7.79. The minimum absolute atomic E-state index is 0.178. The van der Waals surface area contributed by atoms with Gasteiger partial charge in [0.25, 0.3) is 10.1 Å². The maximum Gasteiger partial charge on any atom is 0.347 e. The first kappa shape index (κ1) is 13.9. The van der Waals surface area contributed by atoms with E-state index in [1.807, 2.05) is 0 Å². The van der Waals surface area contributed by atoms with Crippen LogP contribution in [-0.2, 0) is 29.2 Å². The number of rotatable bonds is 5. The molecule has 0 radical (unpaired) electrons. The predicted molar refractivity (Wildman–Crippen MR) is 54.5 cm³/mol. The topological polar surface area (TPSA) is 133 Å². The molecule has 0 saturated carbocycles. The average molecular weight is 267 g/mol. The summed E-state index contributed by atoms with van der Waals surface area (Å²) in [6.45, 7) is 0.178. The molecule has 98 valence electrons. The molecule has 1 rings (SSSR count). The Labute approximate surface area is 97.8 Å². The van der Waals surface area contributed by atoms with E-state index in [4.69, 9.17) is 15.0 Å². The van der Waals surface area contributed by atoms with Gasteiger partial charge in [0.2, 0.25) is 6.10 Å². The highest BCUT2D eigenvalue weighted by Crippen LogP contribution is 2.11. The van der Waals surface area contributed by atoms with Crippen molar-refractivity contribution in [3.05, 3.63) is 0 Å². The van der Waals surface area contributed by atoms with Crippen molar-refractivity contribution in [3.63, 3.8) is 0 Å². The summed E-state index contributed by atoms with van der Waals surface area (Å²) in [5, 5.41) is 0. The molecule has 8 nitrogen and oxygen atoms in total. The second kappa shape index (κ2) is 5.43. The van der Waals surface area contributed by atoms with Crippen LogP contribution in [0.3, 0.4) is 0 Å². The van der Waals surface area contributed by atoms with Crippen molar-refractivity contribution in [2.75, 3.05) is 12.4 Å². The molecule has 1 aliphatic rings. The van der Waals surface area contributed by atoms with Crippen LogP contribution in [-0.4, -0.2) is 49.4 Å². The molecule has 17 heavy (non-hydrogen) atoms. The van der Waals surface area contributed by atoms with E-state index in [1.54, 1.807) is 0 Å². The zero-order valence-electron chi connectivity index (χ0n) is 8.87. The van der Waals surface area contributed by atoms with Crippen LogP contribution in [0.25, 0.3) is 0 Å². The summed E-state index contributed by atoms with van der Waals surface area (Å²) in [6.07, 6.45) is -0.992. The van der Waals surface area contributed by atoms with E-state index in [0.29, 0.717) is 0 Å². The van der Waals surface area contributed by atoms with Gasteiger partial charge in [0.05, 0.1) is 12.4 Å². The molecule has 0 aromatic carbocycles. The van der Waals surface area contributed by atoms with Gasteiger partial charge in [-0.25, -0.2) is 4.79 Å². The van der Waals surface area contributed by atoms with Gasteiger partial charge >= 0.3 is 11.9 Å². The van der Waals surface area contributed by atoms with Crippen LogP contribution >= 0.6 is 0 Å². The maximum absolute atomic E-state index is 11.3. The van der Waals surface area contributed by atoms with Gasteiger partial charge in [-0.15, -0.1) is 0 Å². The Balaban J connectivity index is 2.39. The molecule has 1 fully saturated rings. The van der Waals surface area contributed by atoms with Crippen molar-refractivity contribution in [2.24, 2.45) is 5.73 Å². The summed E-state index contributed by atoms with van der Waals surface area (Å²) in [5.74, 6) is -2.17. The summed E-state index contributed by atoms with van der Waals surface area (Å²) < 4.78 is 38.6. The van der Waals surface area contributed by atoms with Gasteiger partial charge in [-0.1, -0.05) is 0 Å². The van der Waals surface area contributed by atoms with E-state index in [9.17, 15) is 18.0 Å². The molecule has 2 atom stereocenters. The molecule has 1 saturated heterocycles. The molecule has 9 heteroatoms. The first-order valence-electron chi connectivity index (χ1n) is 4.87. The summed E-state index contributed by atoms with van der Waals surface area (Å²) in [6, 6.07) is -1.20. The van der Waals surface area contributed by atoms with Gasteiger partial charge < -0.3 is 15.2 Å². The highest BCUT2D eigenvalue weighted by atomic mass is 32.2. The Morgan fingerprint density at radius 3 is 2.76 bits per heavy atom. The molecule has 0 aromatic rings. The Hall–Kier alpha value is -1.19. The second-order valence-electron chi connectivity index (χ2n) is 3.56. The van der Waals surface area contributed by atoms with Crippen molar-refractivity contribution in [3.8, 4) is 0 Å². The highest BCUT2D eigenvalue weighted by Gasteiger charge is 2.31. The molecule has 0 aromatic heterocycles. The van der Waals surface area contributed by atoms with Crippen LogP contribution in [0.15, 0.2) is 0 Å². The fourth-order valence-electron chi connectivity index (χ4n) is 1.21. The molecular formula is C8H13NO7S. The van der Waals surface area contributed by atoms with Gasteiger partial charge in [-0.3, -0.25) is 9.35 Å². The van der Waals surface area contributed by atoms with E-state index >= 15 is 0 Å². The normalized spacial score (nSPS) is 22.0. The number of carbonyl (C=O) groups is 2. The zero-order valence-corrected chi connectivity index (χ0v) is 9.68. The summed E-state index contributed by atoms with van der Waals surface area (Å²) in [7, 11) is -4.17. The summed E-state index contributed by atoms with van der Waals surface area (Å²) >= 11 is 0. The standard InChI is InChI=1S/C8H13NO7S/c9-5(2-4-17(12,13)14)7(10)16-6-1-3-15-8(6)11/h5-6H,1-4,9H2,(H,12,13,14). The molecular weight excluding hydrogens is 254 g/mol. The minimum Gasteiger partial charge on any atom is -0.463 e. The molecule has 0 amide bonds. The number of ether oxygens (including phenoxy) is 2. The van der Waals surface area contributed by atoms with E-state index < -0.39 is 40.0 Å². The van der Waals surface area contributed by atoms with Gasteiger partial charge in [0.1, 0.15) is 6.04 Å². The van der Waals surface area contributed by atoms with Gasteiger partial charge in [-0.2, -0.15) is 8.42 Å². The van der Waals surface area contributed by atoms with Crippen molar-refractivity contribution in [1.82, 2.24) is 0 Å². The third-order valence-electron chi connectivity index (χ3n) is 2.14. The van der Waals surface area contributed by atoms with Crippen molar-refractivity contribution >= 4 is 22.1 Å². The first-order valence-corrected chi connectivity index (χ1v) is 6.48. The lowest BCUT2D eigenvalue weighted by molar-refractivity contribution is -0.161. The Kier molecular flexibility index (Phi) is 4.43. The Bertz CT molecular complexity index is 404. The molecule has 3 N–H and O–H groups in total. The SMILES string of the molecule is NC(CCS(=O)(=O)O)C(=O)OC1CCOC1=O. The molecule has 0 spiro atoms. The minimum atomic E-state index is -4.17. The fourth-order valence-corrected chi connectivity index (χ4v) is 1.76. The molecule has 1 heterocycles. The highest BCUT2D eigenvalue weighted by molar-refractivity contribution is 7.85. The molecule has 0 aliphatic carbocycles. The van der Waals surface area contributed by atoms with Crippen LogP contribution in [0.4, 0.5) is 0 Å². The number of cyclic esters (lactones) is 1. The average Bonchev–Trinajstić information content (AvgIpc) is 2.59. The number of esters is 2. The third-order valence-corrected chi connectivity index (χ3v) is 2.89. The number of carbonyl (C=O) groups excluding carboxylic acids is 2. The van der Waals surface area contributed by atoms with Crippen molar-refractivity contribution < 1.29 is 32.0 Å². The van der Waals surface area contributed by atoms with Gasteiger partial charge in [-0.05, 0) is 6.42 Å². The number of hydrogen-bond acceptors (Lipinski definition) is 7. The lowest BCUT2D eigenvalue weighted by Gasteiger charge is -2.12. The zero-order chi connectivity index (χ0) is 13.1. The Morgan fingerprint density at radius 2 is 2.29 bits per heavy atom. The van der Waals surface area contributed by atoms with Crippen LogP contribution in [0.5, 0.6) is 0 Å². The second-order valence-corrected chi connectivity index (χ2v) is 5.13. The summed E-state index contributed by atoms with van der Waals surface area (Å²) in [4.78, 5) is 22.3. The third kappa shape index (κ3) is 4.67. The van der Waals surface area contributed by atoms with Gasteiger partial charge in [0, 0.05) is 6.42 Å². The lowest BCUT2D eigenvalue weighted by Crippen LogP contribution is -2.37. The van der Waals surface area contributed by atoms with Gasteiger partial charge in [0.15, 0.2) is 0 Å². The van der Waals surface area contributed by atoms with Crippen LogP contribution in [0.1, 0.15) is 12.8 Å². The lowest BCUT2D eigenvalue weighted by atomic mass is 10.2. The number of nitrogens with two attached hydrogens (primary N) is 1.